The molecular weight excluding hydrogens is 250 g/mol. The lowest BCUT2D eigenvalue weighted by Gasteiger charge is -2.03. The molecule has 1 heterocycles. The second kappa shape index (κ2) is 4.98. The van der Waals surface area contributed by atoms with Crippen molar-refractivity contribution in [3.63, 3.8) is 0 Å². The Morgan fingerprint density at radius 3 is 2.94 bits per heavy atom. The quantitative estimate of drug-likeness (QED) is 0.889. The summed E-state index contributed by atoms with van der Waals surface area (Å²) in [5, 5.41) is 17.0. The van der Waals surface area contributed by atoms with E-state index in [-0.39, 0.29) is 0 Å². The highest BCUT2D eigenvalue weighted by molar-refractivity contribution is 6.30. The fourth-order valence-corrected chi connectivity index (χ4v) is 1.82. The Labute approximate surface area is 110 Å². The molecule has 0 bridgehead atoms. The SMILES string of the molecule is CCNc1nn(-c2cccc(Cl)c2)c(N)c1C#N. The van der Waals surface area contributed by atoms with Crippen LogP contribution < -0.4 is 11.1 Å². The summed E-state index contributed by atoms with van der Waals surface area (Å²) in [4.78, 5) is 0. The number of hydrogen-bond donors (Lipinski definition) is 2. The Morgan fingerprint density at radius 2 is 2.33 bits per heavy atom. The van der Waals surface area contributed by atoms with Gasteiger partial charge in [0.05, 0.1) is 5.69 Å². The normalized spacial score (nSPS) is 10.1. The van der Waals surface area contributed by atoms with Gasteiger partial charge in [-0.25, -0.2) is 4.68 Å². The first-order valence-corrected chi connectivity index (χ1v) is 5.83. The van der Waals surface area contributed by atoms with Gasteiger partial charge >= 0.3 is 0 Å². The zero-order valence-corrected chi connectivity index (χ0v) is 10.6. The van der Waals surface area contributed by atoms with Crippen molar-refractivity contribution in [2.45, 2.75) is 6.92 Å². The number of nitrogen functional groups attached to an aromatic ring is 1. The molecule has 1 aromatic carbocycles. The van der Waals surface area contributed by atoms with Crippen molar-refractivity contribution in [1.29, 1.82) is 5.26 Å². The van der Waals surface area contributed by atoms with Gasteiger partial charge in [0.1, 0.15) is 17.5 Å². The van der Waals surface area contributed by atoms with E-state index in [4.69, 9.17) is 22.6 Å². The molecule has 0 fully saturated rings. The Morgan fingerprint density at radius 1 is 1.56 bits per heavy atom. The van der Waals surface area contributed by atoms with Gasteiger partial charge in [-0.05, 0) is 25.1 Å². The molecule has 0 amide bonds. The van der Waals surface area contributed by atoms with Gasteiger partial charge in [0.15, 0.2) is 5.82 Å². The van der Waals surface area contributed by atoms with Crippen LogP contribution in [0.15, 0.2) is 24.3 Å². The summed E-state index contributed by atoms with van der Waals surface area (Å²) >= 11 is 5.93. The standard InChI is InChI=1S/C12H12ClN5/c1-2-16-12-10(7-14)11(15)18(17-12)9-5-3-4-8(13)6-9/h3-6H,2,15H2,1H3,(H,16,17). The molecule has 0 aliphatic carbocycles. The number of hydrogen-bond acceptors (Lipinski definition) is 4. The zero-order chi connectivity index (χ0) is 13.1. The molecule has 6 heteroatoms. The van der Waals surface area contributed by atoms with Crippen LogP contribution in [0.5, 0.6) is 0 Å². The fourth-order valence-electron chi connectivity index (χ4n) is 1.64. The molecule has 5 nitrogen and oxygen atoms in total. The van der Waals surface area contributed by atoms with Gasteiger partial charge in [0.2, 0.25) is 0 Å². The van der Waals surface area contributed by atoms with Crippen molar-refractivity contribution in [1.82, 2.24) is 9.78 Å². The predicted molar refractivity (Wildman–Crippen MR) is 71.9 cm³/mol. The minimum absolute atomic E-state index is 0.302. The summed E-state index contributed by atoms with van der Waals surface area (Å²) in [6.07, 6.45) is 0. The highest BCUT2D eigenvalue weighted by atomic mass is 35.5. The van der Waals surface area contributed by atoms with E-state index in [1.165, 1.54) is 4.68 Å². The highest BCUT2D eigenvalue weighted by Crippen LogP contribution is 2.25. The molecule has 2 rings (SSSR count). The average molecular weight is 262 g/mol. The number of anilines is 2. The van der Waals surface area contributed by atoms with Crippen molar-refractivity contribution in [2.75, 3.05) is 17.6 Å². The number of rotatable bonds is 3. The number of nitriles is 1. The van der Waals surface area contributed by atoms with Crippen LogP contribution in [-0.2, 0) is 0 Å². The summed E-state index contributed by atoms with van der Waals surface area (Å²) in [5.41, 5.74) is 6.99. The first kappa shape index (κ1) is 12.3. The van der Waals surface area contributed by atoms with E-state index in [0.717, 1.165) is 5.69 Å². The van der Waals surface area contributed by atoms with Crippen LogP contribution >= 0.6 is 11.6 Å². The minimum atomic E-state index is 0.302. The van der Waals surface area contributed by atoms with Gasteiger partial charge in [-0.3, -0.25) is 0 Å². The minimum Gasteiger partial charge on any atom is -0.382 e. The zero-order valence-electron chi connectivity index (χ0n) is 9.81. The van der Waals surface area contributed by atoms with Gasteiger partial charge < -0.3 is 11.1 Å². The summed E-state index contributed by atoms with van der Waals surface area (Å²) in [5.74, 6) is 0.785. The predicted octanol–water partition coefficient (Wildman–Crippen LogP) is 2.41. The third kappa shape index (κ3) is 2.11. The highest BCUT2D eigenvalue weighted by Gasteiger charge is 2.15. The Bertz CT molecular complexity index is 611. The first-order valence-electron chi connectivity index (χ1n) is 5.45. The molecule has 0 unspecified atom stereocenters. The topological polar surface area (TPSA) is 79.7 Å². The van der Waals surface area contributed by atoms with Crippen molar-refractivity contribution in [3.8, 4) is 11.8 Å². The number of halogens is 1. The Hall–Kier alpha value is -2.19. The van der Waals surface area contributed by atoms with Crippen LogP contribution in [0.1, 0.15) is 12.5 Å². The van der Waals surface area contributed by atoms with Gasteiger partial charge in [0, 0.05) is 11.6 Å². The maximum absolute atomic E-state index is 9.09. The monoisotopic (exact) mass is 261 g/mol. The molecule has 92 valence electrons. The Kier molecular flexibility index (Phi) is 3.40. The van der Waals surface area contributed by atoms with E-state index in [2.05, 4.69) is 10.4 Å². The van der Waals surface area contributed by atoms with E-state index in [1.807, 2.05) is 19.1 Å². The molecule has 0 spiro atoms. The van der Waals surface area contributed by atoms with E-state index in [0.29, 0.717) is 28.8 Å². The summed E-state index contributed by atoms with van der Waals surface area (Å²) in [7, 11) is 0. The summed E-state index contributed by atoms with van der Waals surface area (Å²) < 4.78 is 1.50. The molecule has 0 saturated heterocycles. The maximum atomic E-state index is 9.09. The third-order valence-corrected chi connectivity index (χ3v) is 2.67. The molecular formula is C12H12ClN5. The molecule has 0 saturated carbocycles. The lowest BCUT2D eigenvalue weighted by atomic mass is 10.3. The maximum Gasteiger partial charge on any atom is 0.168 e. The van der Waals surface area contributed by atoms with Crippen LogP contribution in [0.3, 0.4) is 0 Å². The largest absolute Gasteiger partial charge is 0.382 e. The number of aromatic nitrogens is 2. The van der Waals surface area contributed by atoms with Crippen LogP contribution in [0.4, 0.5) is 11.6 Å². The average Bonchev–Trinajstić information content (AvgIpc) is 2.66. The number of nitrogens with one attached hydrogen (secondary N) is 1. The number of benzene rings is 1. The molecule has 0 aliphatic heterocycles. The van der Waals surface area contributed by atoms with Crippen molar-refractivity contribution in [3.05, 3.63) is 34.9 Å². The smallest absolute Gasteiger partial charge is 0.168 e. The molecule has 0 aliphatic rings. The second-order valence-electron chi connectivity index (χ2n) is 3.64. The van der Waals surface area contributed by atoms with Gasteiger partial charge in [-0.1, -0.05) is 17.7 Å². The first-order chi connectivity index (χ1) is 8.67. The van der Waals surface area contributed by atoms with Crippen LogP contribution in [0.25, 0.3) is 5.69 Å². The molecule has 0 radical (unpaired) electrons. The molecule has 18 heavy (non-hydrogen) atoms. The molecule has 1 aromatic heterocycles. The number of nitrogens with two attached hydrogens (primary N) is 1. The van der Waals surface area contributed by atoms with Gasteiger partial charge in [-0.2, -0.15) is 5.26 Å². The van der Waals surface area contributed by atoms with Gasteiger partial charge in [-0.15, -0.1) is 5.10 Å². The van der Waals surface area contributed by atoms with Crippen LogP contribution in [0, 0.1) is 11.3 Å². The van der Waals surface area contributed by atoms with Crippen molar-refractivity contribution >= 4 is 23.2 Å². The van der Waals surface area contributed by atoms with Crippen molar-refractivity contribution < 1.29 is 0 Å². The van der Waals surface area contributed by atoms with Crippen LogP contribution in [-0.4, -0.2) is 16.3 Å². The van der Waals surface area contributed by atoms with E-state index >= 15 is 0 Å². The third-order valence-electron chi connectivity index (χ3n) is 2.43. The van der Waals surface area contributed by atoms with Gasteiger partial charge in [0.25, 0.3) is 0 Å². The number of nitrogens with zero attached hydrogens (tertiary/aromatic N) is 3. The summed E-state index contributed by atoms with van der Waals surface area (Å²) in [6, 6.07) is 9.18. The molecule has 3 N–H and O–H groups in total. The van der Waals surface area contributed by atoms with Crippen molar-refractivity contribution in [2.24, 2.45) is 0 Å². The fraction of sp³-hybridized carbons (Fsp3) is 0.167. The molecule has 2 aromatic rings. The lowest BCUT2D eigenvalue weighted by molar-refractivity contribution is 0.890. The summed E-state index contributed by atoms with van der Waals surface area (Å²) in [6.45, 7) is 2.59. The lowest BCUT2D eigenvalue weighted by Crippen LogP contribution is -2.02. The van der Waals surface area contributed by atoms with E-state index in [1.54, 1.807) is 18.2 Å². The van der Waals surface area contributed by atoms with E-state index < -0.39 is 0 Å². The van der Waals surface area contributed by atoms with E-state index in [9.17, 15) is 0 Å². The second-order valence-corrected chi connectivity index (χ2v) is 4.08. The van der Waals surface area contributed by atoms with Crippen LogP contribution in [0.2, 0.25) is 5.02 Å². The molecule has 0 atom stereocenters. The Balaban J connectivity index is 2.56.